The number of carbonyl (C=O) groups excluding carboxylic acids is 1. The highest BCUT2D eigenvalue weighted by Crippen LogP contribution is 2.32. The molecule has 2 aromatic carbocycles. The van der Waals surface area contributed by atoms with Crippen LogP contribution in [0.25, 0.3) is 17.1 Å². The minimum absolute atomic E-state index is 0.109. The van der Waals surface area contributed by atoms with Gasteiger partial charge < -0.3 is 9.64 Å². The summed E-state index contributed by atoms with van der Waals surface area (Å²) in [5.41, 5.74) is 4.15. The van der Waals surface area contributed by atoms with Gasteiger partial charge in [-0.25, -0.2) is 0 Å². The number of rotatable bonds is 9. The molecule has 0 atom stereocenters. The second kappa shape index (κ2) is 10.3. The Hall–Kier alpha value is -3.65. The summed E-state index contributed by atoms with van der Waals surface area (Å²) in [5, 5.41) is 9.61. The van der Waals surface area contributed by atoms with Gasteiger partial charge in [-0.3, -0.25) is 14.3 Å². The van der Waals surface area contributed by atoms with E-state index in [2.05, 4.69) is 46.4 Å². The van der Waals surface area contributed by atoms with Crippen LogP contribution in [0.3, 0.4) is 0 Å². The quantitative estimate of drug-likeness (QED) is 0.313. The average Bonchev–Trinajstić information content (AvgIpc) is 3.65. The van der Waals surface area contributed by atoms with Crippen molar-refractivity contribution >= 4 is 17.7 Å². The molecule has 0 radical (unpaired) electrons. The summed E-state index contributed by atoms with van der Waals surface area (Å²) in [5.74, 6) is 1.95. The number of hydrogen-bond acceptors (Lipinski definition) is 6. The van der Waals surface area contributed by atoms with Gasteiger partial charge in [0.1, 0.15) is 5.75 Å². The summed E-state index contributed by atoms with van der Waals surface area (Å²) in [6, 6.07) is 20.3. The zero-order valence-electron chi connectivity index (χ0n) is 19.8. The minimum atomic E-state index is 0.109. The Kier molecular flexibility index (Phi) is 6.81. The number of methoxy groups -OCH3 is 1. The summed E-state index contributed by atoms with van der Waals surface area (Å²) in [4.78, 5) is 19.4. The van der Waals surface area contributed by atoms with Gasteiger partial charge >= 0.3 is 0 Å². The second-order valence-electron chi connectivity index (χ2n) is 8.60. The van der Waals surface area contributed by atoms with Crippen LogP contribution in [0.5, 0.6) is 5.75 Å². The number of thioether (sulfide) groups is 1. The fourth-order valence-electron chi connectivity index (χ4n) is 3.92. The van der Waals surface area contributed by atoms with E-state index < -0.39 is 0 Å². The number of hydrogen-bond donors (Lipinski definition) is 0. The van der Waals surface area contributed by atoms with Gasteiger partial charge in [0.2, 0.25) is 5.91 Å². The first-order valence-corrected chi connectivity index (χ1v) is 12.6. The lowest BCUT2D eigenvalue weighted by Gasteiger charge is -2.22. The molecule has 178 valence electrons. The van der Waals surface area contributed by atoms with Gasteiger partial charge in [-0.15, -0.1) is 10.2 Å². The Bertz CT molecular complexity index is 1290. The number of aromatic nitrogens is 4. The molecule has 1 aliphatic carbocycles. The SMILES string of the molecule is COc1ccc(CN(C(=O)CSc2nnc(-c3ccncc3)n2-c2ccc(C)cc2)C2CC2)cc1. The molecule has 0 spiro atoms. The first-order valence-electron chi connectivity index (χ1n) is 11.6. The number of nitrogens with zero attached hydrogens (tertiary/aromatic N) is 5. The Morgan fingerprint density at radius 3 is 2.40 bits per heavy atom. The molecule has 0 aliphatic heterocycles. The molecule has 2 aromatic heterocycles. The second-order valence-corrected chi connectivity index (χ2v) is 9.55. The maximum atomic E-state index is 13.3. The number of ether oxygens (including phenoxy) is 1. The van der Waals surface area contributed by atoms with Crippen molar-refractivity contribution in [3.8, 4) is 22.8 Å². The maximum Gasteiger partial charge on any atom is 0.233 e. The first-order chi connectivity index (χ1) is 17.1. The van der Waals surface area contributed by atoms with E-state index >= 15 is 0 Å². The Balaban J connectivity index is 1.36. The minimum Gasteiger partial charge on any atom is -0.497 e. The van der Waals surface area contributed by atoms with Crippen LogP contribution in [-0.4, -0.2) is 49.5 Å². The normalized spacial score (nSPS) is 13.0. The molecule has 1 aliphatic rings. The van der Waals surface area contributed by atoms with E-state index in [0.717, 1.165) is 41.2 Å². The Labute approximate surface area is 209 Å². The molecule has 0 bridgehead atoms. The summed E-state index contributed by atoms with van der Waals surface area (Å²) in [7, 11) is 1.65. The third-order valence-electron chi connectivity index (χ3n) is 6.01. The molecule has 35 heavy (non-hydrogen) atoms. The fourth-order valence-corrected chi connectivity index (χ4v) is 4.76. The van der Waals surface area contributed by atoms with Crippen LogP contribution in [0.4, 0.5) is 0 Å². The largest absolute Gasteiger partial charge is 0.497 e. The number of benzene rings is 2. The molecular formula is C27H27N5O2S. The molecule has 0 saturated heterocycles. The fraction of sp³-hybridized carbons (Fsp3) is 0.259. The standard InChI is InChI=1S/C27H27N5O2S/c1-19-3-7-23(8-4-19)32-26(21-13-15-28-16-14-21)29-30-27(32)35-18-25(33)31(22-9-10-22)17-20-5-11-24(34-2)12-6-20/h3-8,11-16,22H,9-10,17-18H2,1-2H3. The summed E-state index contributed by atoms with van der Waals surface area (Å²) < 4.78 is 7.27. The van der Waals surface area contributed by atoms with E-state index in [-0.39, 0.29) is 5.91 Å². The van der Waals surface area contributed by atoms with E-state index in [1.165, 1.54) is 17.3 Å². The zero-order chi connectivity index (χ0) is 24.2. The summed E-state index contributed by atoms with van der Waals surface area (Å²) >= 11 is 1.42. The third-order valence-corrected chi connectivity index (χ3v) is 6.92. The third kappa shape index (κ3) is 5.38. The monoisotopic (exact) mass is 485 g/mol. The van der Waals surface area contributed by atoms with Gasteiger partial charge in [0.05, 0.1) is 12.9 Å². The highest BCUT2D eigenvalue weighted by molar-refractivity contribution is 7.99. The van der Waals surface area contributed by atoms with Crippen LogP contribution in [-0.2, 0) is 11.3 Å². The zero-order valence-corrected chi connectivity index (χ0v) is 20.6. The van der Waals surface area contributed by atoms with Crippen molar-refractivity contribution in [3.05, 3.63) is 84.2 Å². The van der Waals surface area contributed by atoms with Crippen molar-refractivity contribution in [1.29, 1.82) is 0 Å². The lowest BCUT2D eigenvalue weighted by Crippen LogP contribution is -2.34. The summed E-state index contributed by atoms with van der Waals surface area (Å²) in [6.07, 6.45) is 5.59. The number of aryl methyl sites for hydroxylation is 1. The summed E-state index contributed by atoms with van der Waals surface area (Å²) in [6.45, 7) is 2.66. The molecule has 1 fully saturated rings. The van der Waals surface area contributed by atoms with Crippen LogP contribution in [0, 0.1) is 6.92 Å². The molecule has 0 N–H and O–H groups in total. The molecule has 2 heterocycles. The lowest BCUT2D eigenvalue weighted by molar-refractivity contribution is -0.129. The van der Waals surface area contributed by atoms with E-state index in [4.69, 9.17) is 4.74 Å². The van der Waals surface area contributed by atoms with Crippen LogP contribution in [0.2, 0.25) is 0 Å². The van der Waals surface area contributed by atoms with Gasteiger partial charge in [-0.05, 0) is 61.7 Å². The highest BCUT2D eigenvalue weighted by atomic mass is 32.2. The maximum absolute atomic E-state index is 13.3. The number of pyridine rings is 1. The first kappa shape index (κ1) is 23.1. The van der Waals surface area contributed by atoms with Gasteiger partial charge in [0.15, 0.2) is 11.0 Å². The van der Waals surface area contributed by atoms with Crippen molar-refractivity contribution in [2.24, 2.45) is 0 Å². The van der Waals surface area contributed by atoms with Crippen molar-refractivity contribution in [3.63, 3.8) is 0 Å². The van der Waals surface area contributed by atoms with Crippen molar-refractivity contribution < 1.29 is 9.53 Å². The van der Waals surface area contributed by atoms with Gasteiger partial charge in [0, 0.05) is 36.2 Å². The van der Waals surface area contributed by atoms with Gasteiger partial charge in [-0.2, -0.15) is 0 Å². The van der Waals surface area contributed by atoms with E-state index in [1.54, 1.807) is 19.5 Å². The molecular weight excluding hydrogens is 458 g/mol. The van der Waals surface area contributed by atoms with Gasteiger partial charge in [0.25, 0.3) is 0 Å². The van der Waals surface area contributed by atoms with Crippen LogP contribution in [0.15, 0.2) is 78.2 Å². The molecule has 4 aromatic rings. The topological polar surface area (TPSA) is 73.1 Å². The molecule has 1 amide bonds. The molecule has 7 nitrogen and oxygen atoms in total. The lowest BCUT2D eigenvalue weighted by atomic mass is 10.2. The van der Waals surface area contributed by atoms with E-state index in [0.29, 0.717) is 23.5 Å². The van der Waals surface area contributed by atoms with Crippen molar-refractivity contribution in [2.75, 3.05) is 12.9 Å². The van der Waals surface area contributed by atoms with Gasteiger partial charge in [-0.1, -0.05) is 41.6 Å². The van der Waals surface area contributed by atoms with E-state index in [1.807, 2.05) is 45.9 Å². The highest BCUT2D eigenvalue weighted by Gasteiger charge is 2.32. The van der Waals surface area contributed by atoms with E-state index in [9.17, 15) is 4.79 Å². The Morgan fingerprint density at radius 2 is 1.74 bits per heavy atom. The molecule has 8 heteroatoms. The number of carbonyl (C=O) groups is 1. The predicted molar refractivity (Wildman–Crippen MR) is 137 cm³/mol. The van der Waals surface area contributed by atoms with Crippen molar-refractivity contribution in [2.45, 2.75) is 37.5 Å². The molecule has 1 saturated carbocycles. The van der Waals surface area contributed by atoms with Crippen LogP contribution >= 0.6 is 11.8 Å². The van der Waals surface area contributed by atoms with Crippen LogP contribution in [0.1, 0.15) is 24.0 Å². The smallest absolute Gasteiger partial charge is 0.233 e. The average molecular weight is 486 g/mol. The predicted octanol–water partition coefficient (Wildman–Crippen LogP) is 4.93. The van der Waals surface area contributed by atoms with Crippen LogP contribution < -0.4 is 4.74 Å². The van der Waals surface area contributed by atoms with Crippen molar-refractivity contribution in [1.82, 2.24) is 24.6 Å². The Morgan fingerprint density at radius 1 is 1.03 bits per heavy atom. The number of amides is 1. The molecule has 5 rings (SSSR count). The molecule has 0 unspecified atom stereocenters.